The van der Waals surface area contributed by atoms with Crippen LogP contribution in [0.4, 0.5) is 0 Å². The summed E-state index contributed by atoms with van der Waals surface area (Å²) < 4.78 is 0. The molecule has 2 aromatic rings. The molecule has 0 aliphatic heterocycles. The number of carbonyl (C=O) groups excluding carboxylic acids is 1. The molecule has 1 amide bonds. The highest BCUT2D eigenvalue weighted by Crippen LogP contribution is 2.36. The molecule has 0 aliphatic carbocycles. The summed E-state index contributed by atoms with van der Waals surface area (Å²) in [5, 5.41) is 0. The Morgan fingerprint density at radius 3 is 1.71 bits per heavy atom. The largest absolute Gasteiger partial charge is 0.348 e. The summed E-state index contributed by atoms with van der Waals surface area (Å²) in [6.07, 6.45) is 0.581. The third-order valence-electron chi connectivity index (χ3n) is 3.82. The highest BCUT2D eigenvalue weighted by molar-refractivity contribution is 5.91. The van der Waals surface area contributed by atoms with Crippen molar-refractivity contribution in [2.75, 3.05) is 20.6 Å². The van der Waals surface area contributed by atoms with Crippen molar-refractivity contribution in [2.24, 2.45) is 5.73 Å². The van der Waals surface area contributed by atoms with Crippen LogP contribution in [-0.2, 0) is 10.2 Å². The molecule has 3 nitrogen and oxygen atoms in total. The number of nitrogens with zero attached hydrogens (tertiary/aromatic N) is 1. The molecule has 3 heteroatoms. The van der Waals surface area contributed by atoms with Crippen molar-refractivity contribution < 1.29 is 4.79 Å². The number of rotatable bonds is 5. The minimum Gasteiger partial charge on any atom is -0.348 e. The van der Waals surface area contributed by atoms with E-state index in [1.54, 1.807) is 19.0 Å². The Hall–Kier alpha value is -2.13. The summed E-state index contributed by atoms with van der Waals surface area (Å²) in [5.74, 6) is 0.0605. The average Bonchev–Trinajstić information content (AvgIpc) is 2.53. The molecule has 21 heavy (non-hydrogen) atoms. The zero-order chi connectivity index (χ0) is 15.3. The van der Waals surface area contributed by atoms with Crippen molar-refractivity contribution in [3.63, 3.8) is 0 Å². The predicted octanol–water partition coefficient (Wildman–Crippen LogP) is 2.41. The van der Waals surface area contributed by atoms with Gasteiger partial charge in [-0.15, -0.1) is 0 Å². The Labute approximate surface area is 126 Å². The van der Waals surface area contributed by atoms with Crippen LogP contribution < -0.4 is 5.73 Å². The molecule has 0 saturated carbocycles. The van der Waals surface area contributed by atoms with E-state index in [-0.39, 0.29) is 5.91 Å². The molecule has 2 N–H and O–H groups in total. The molecule has 0 radical (unpaired) electrons. The SMILES string of the molecule is CN(C)C(=O)C(CCN)(c1ccccc1)c1ccccc1. The van der Waals surface area contributed by atoms with Crippen LogP contribution in [-0.4, -0.2) is 31.4 Å². The van der Waals surface area contributed by atoms with Gasteiger partial charge in [0.1, 0.15) is 5.41 Å². The van der Waals surface area contributed by atoms with Crippen LogP contribution in [0.2, 0.25) is 0 Å². The van der Waals surface area contributed by atoms with Gasteiger partial charge in [0.15, 0.2) is 0 Å². The van der Waals surface area contributed by atoms with E-state index >= 15 is 0 Å². The van der Waals surface area contributed by atoms with Gasteiger partial charge in [-0.05, 0) is 24.1 Å². The molecule has 0 aliphatic rings. The second-order valence-corrected chi connectivity index (χ2v) is 5.38. The number of benzene rings is 2. The maximum atomic E-state index is 13.0. The normalized spacial score (nSPS) is 11.2. The lowest BCUT2D eigenvalue weighted by Crippen LogP contribution is -2.46. The van der Waals surface area contributed by atoms with E-state index in [1.807, 2.05) is 60.7 Å². The first kappa shape index (κ1) is 15.3. The van der Waals surface area contributed by atoms with Crippen molar-refractivity contribution in [1.82, 2.24) is 4.90 Å². The van der Waals surface area contributed by atoms with Crippen LogP contribution in [0.5, 0.6) is 0 Å². The van der Waals surface area contributed by atoms with Gasteiger partial charge >= 0.3 is 0 Å². The molecule has 0 aromatic heterocycles. The quantitative estimate of drug-likeness (QED) is 0.915. The summed E-state index contributed by atoms with van der Waals surface area (Å²) in [4.78, 5) is 14.7. The zero-order valence-electron chi connectivity index (χ0n) is 12.6. The van der Waals surface area contributed by atoms with Crippen molar-refractivity contribution >= 4 is 5.91 Å². The molecule has 2 rings (SSSR count). The molecule has 2 aromatic carbocycles. The summed E-state index contributed by atoms with van der Waals surface area (Å²) in [6, 6.07) is 19.8. The molecule has 0 unspecified atom stereocenters. The van der Waals surface area contributed by atoms with E-state index < -0.39 is 5.41 Å². The summed E-state index contributed by atoms with van der Waals surface area (Å²) in [6.45, 7) is 0.448. The average molecular weight is 282 g/mol. The lowest BCUT2D eigenvalue weighted by molar-refractivity contribution is -0.133. The molecular weight excluding hydrogens is 260 g/mol. The van der Waals surface area contributed by atoms with E-state index in [0.717, 1.165) is 11.1 Å². The number of hydrogen-bond acceptors (Lipinski definition) is 2. The Balaban J connectivity index is 2.69. The van der Waals surface area contributed by atoms with Crippen LogP contribution >= 0.6 is 0 Å². The number of nitrogens with two attached hydrogens (primary N) is 1. The van der Waals surface area contributed by atoms with E-state index in [4.69, 9.17) is 5.73 Å². The van der Waals surface area contributed by atoms with Gasteiger partial charge in [-0.25, -0.2) is 0 Å². The van der Waals surface area contributed by atoms with E-state index in [2.05, 4.69) is 0 Å². The molecule has 110 valence electrons. The van der Waals surface area contributed by atoms with Crippen molar-refractivity contribution in [2.45, 2.75) is 11.8 Å². The van der Waals surface area contributed by atoms with Crippen LogP contribution in [0.25, 0.3) is 0 Å². The second kappa shape index (κ2) is 6.55. The van der Waals surface area contributed by atoms with Gasteiger partial charge in [0, 0.05) is 14.1 Å². The maximum Gasteiger partial charge on any atom is 0.237 e. The first-order chi connectivity index (χ1) is 10.1. The Kier molecular flexibility index (Phi) is 4.76. The van der Waals surface area contributed by atoms with Gasteiger partial charge in [0.05, 0.1) is 0 Å². The Bertz CT molecular complexity index is 539. The number of likely N-dealkylation sites (N-methyl/N-ethyl adjacent to an activating group) is 1. The van der Waals surface area contributed by atoms with Gasteiger partial charge < -0.3 is 10.6 Å². The zero-order valence-corrected chi connectivity index (χ0v) is 12.6. The minimum absolute atomic E-state index is 0.0605. The highest BCUT2D eigenvalue weighted by atomic mass is 16.2. The van der Waals surface area contributed by atoms with E-state index in [1.165, 1.54) is 0 Å². The highest BCUT2D eigenvalue weighted by Gasteiger charge is 2.42. The van der Waals surface area contributed by atoms with Crippen LogP contribution in [0.15, 0.2) is 60.7 Å². The van der Waals surface area contributed by atoms with Crippen LogP contribution in [0, 0.1) is 0 Å². The Morgan fingerprint density at radius 2 is 1.38 bits per heavy atom. The van der Waals surface area contributed by atoms with Crippen LogP contribution in [0.3, 0.4) is 0 Å². The minimum atomic E-state index is -0.721. The van der Waals surface area contributed by atoms with Gasteiger partial charge in [0.2, 0.25) is 5.91 Å². The number of amides is 1. The lowest BCUT2D eigenvalue weighted by atomic mass is 9.71. The van der Waals surface area contributed by atoms with Crippen molar-refractivity contribution in [1.29, 1.82) is 0 Å². The molecule has 0 heterocycles. The molecule has 0 fully saturated rings. The van der Waals surface area contributed by atoms with Crippen molar-refractivity contribution in [3.8, 4) is 0 Å². The topological polar surface area (TPSA) is 46.3 Å². The molecule has 0 atom stereocenters. The number of hydrogen-bond donors (Lipinski definition) is 1. The molecule has 0 spiro atoms. The van der Waals surface area contributed by atoms with E-state index in [9.17, 15) is 4.79 Å². The van der Waals surface area contributed by atoms with Gasteiger partial charge in [-0.2, -0.15) is 0 Å². The van der Waals surface area contributed by atoms with Gasteiger partial charge in [0.25, 0.3) is 0 Å². The summed E-state index contributed by atoms with van der Waals surface area (Å²) in [5.41, 5.74) is 7.11. The fourth-order valence-electron chi connectivity index (χ4n) is 2.85. The molecule has 0 bridgehead atoms. The summed E-state index contributed by atoms with van der Waals surface area (Å²) >= 11 is 0. The fraction of sp³-hybridized carbons (Fsp3) is 0.278. The predicted molar refractivity (Wildman–Crippen MR) is 86.0 cm³/mol. The molecule has 0 saturated heterocycles. The first-order valence-corrected chi connectivity index (χ1v) is 7.16. The summed E-state index contributed by atoms with van der Waals surface area (Å²) in [7, 11) is 3.58. The third-order valence-corrected chi connectivity index (χ3v) is 3.82. The lowest BCUT2D eigenvalue weighted by Gasteiger charge is -2.35. The first-order valence-electron chi connectivity index (χ1n) is 7.16. The van der Waals surface area contributed by atoms with Crippen molar-refractivity contribution in [3.05, 3.63) is 71.8 Å². The van der Waals surface area contributed by atoms with Gasteiger partial charge in [-0.1, -0.05) is 60.7 Å². The number of carbonyl (C=O) groups is 1. The van der Waals surface area contributed by atoms with Crippen LogP contribution in [0.1, 0.15) is 17.5 Å². The third kappa shape index (κ3) is 2.83. The fourth-order valence-corrected chi connectivity index (χ4v) is 2.85. The molecular formula is C18H22N2O. The van der Waals surface area contributed by atoms with E-state index in [0.29, 0.717) is 13.0 Å². The Morgan fingerprint density at radius 1 is 0.952 bits per heavy atom. The second-order valence-electron chi connectivity index (χ2n) is 5.38. The maximum absolute atomic E-state index is 13.0. The standard InChI is InChI=1S/C18H22N2O/c1-20(2)17(21)18(13-14-19,15-9-5-3-6-10-15)16-11-7-4-8-12-16/h3-12H,13-14,19H2,1-2H3. The van der Waals surface area contributed by atoms with Gasteiger partial charge in [-0.3, -0.25) is 4.79 Å². The smallest absolute Gasteiger partial charge is 0.237 e. The monoisotopic (exact) mass is 282 g/mol.